The molecule has 2 aromatic rings. The third-order valence-corrected chi connectivity index (χ3v) is 3.10. The topological polar surface area (TPSA) is 73.1 Å². The van der Waals surface area contributed by atoms with Crippen LogP contribution in [0.1, 0.15) is 9.88 Å². The van der Waals surface area contributed by atoms with Crippen molar-refractivity contribution in [3.8, 4) is 5.88 Å². The molecule has 0 radical (unpaired) electrons. The maximum Gasteiger partial charge on any atom is 0.215 e. The first-order valence-corrected chi connectivity index (χ1v) is 5.96. The molecule has 0 atom stereocenters. The lowest BCUT2D eigenvalue weighted by molar-refractivity contribution is 0.398. The molecule has 2 rings (SSSR count). The van der Waals surface area contributed by atoms with E-state index < -0.39 is 0 Å². The van der Waals surface area contributed by atoms with E-state index in [4.69, 9.17) is 10.5 Å². The Balaban J connectivity index is 2.07. The molecule has 5 nitrogen and oxygen atoms in total. The van der Waals surface area contributed by atoms with Gasteiger partial charge in [0.25, 0.3) is 0 Å². The van der Waals surface area contributed by atoms with Crippen molar-refractivity contribution in [2.75, 3.05) is 18.2 Å². The van der Waals surface area contributed by atoms with E-state index >= 15 is 0 Å². The van der Waals surface area contributed by atoms with Crippen molar-refractivity contribution in [2.45, 2.75) is 13.5 Å². The summed E-state index contributed by atoms with van der Waals surface area (Å²) in [6, 6.07) is 3.50. The molecule has 0 amide bonds. The predicted octanol–water partition coefficient (Wildman–Crippen LogP) is 2.05. The van der Waals surface area contributed by atoms with Crippen LogP contribution < -0.4 is 15.8 Å². The number of hydrogen-bond donors (Lipinski definition) is 2. The average Bonchev–Trinajstić information content (AvgIpc) is 2.74. The number of nitrogens with one attached hydrogen (secondary N) is 1. The molecule has 2 aromatic heterocycles. The van der Waals surface area contributed by atoms with Crippen molar-refractivity contribution in [3.05, 3.63) is 28.2 Å². The number of nitrogens with zero attached hydrogens (tertiary/aromatic N) is 2. The van der Waals surface area contributed by atoms with Gasteiger partial charge in [-0.15, -0.1) is 11.3 Å². The number of ether oxygens (including phenoxy) is 1. The SMILES string of the molecule is COc1ccc(N)c(NCc2ncc(C)s2)n1. The average molecular weight is 250 g/mol. The quantitative estimate of drug-likeness (QED) is 0.868. The highest BCUT2D eigenvalue weighted by molar-refractivity contribution is 7.11. The monoisotopic (exact) mass is 250 g/mol. The number of nitrogens with two attached hydrogens (primary N) is 1. The summed E-state index contributed by atoms with van der Waals surface area (Å²) in [5.41, 5.74) is 6.41. The van der Waals surface area contributed by atoms with Crippen molar-refractivity contribution in [2.24, 2.45) is 0 Å². The molecule has 2 heterocycles. The van der Waals surface area contributed by atoms with E-state index in [1.807, 2.05) is 13.1 Å². The number of pyridine rings is 1. The van der Waals surface area contributed by atoms with Gasteiger partial charge in [-0.25, -0.2) is 4.98 Å². The first-order chi connectivity index (χ1) is 8.19. The third-order valence-electron chi connectivity index (χ3n) is 2.19. The summed E-state index contributed by atoms with van der Waals surface area (Å²) in [7, 11) is 1.58. The molecule has 0 unspecified atom stereocenters. The van der Waals surface area contributed by atoms with Crippen LogP contribution in [-0.4, -0.2) is 17.1 Å². The molecular weight excluding hydrogens is 236 g/mol. The van der Waals surface area contributed by atoms with Crippen molar-refractivity contribution in [3.63, 3.8) is 0 Å². The summed E-state index contributed by atoms with van der Waals surface area (Å²) in [5, 5.41) is 4.16. The van der Waals surface area contributed by atoms with E-state index in [2.05, 4.69) is 15.3 Å². The van der Waals surface area contributed by atoms with Crippen LogP contribution >= 0.6 is 11.3 Å². The highest BCUT2D eigenvalue weighted by Gasteiger charge is 2.04. The summed E-state index contributed by atoms with van der Waals surface area (Å²) < 4.78 is 5.05. The van der Waals surface area contributed by atoms with Gasteiger partial charge in [0.2, 0.25) is 5.88 Å². The van der Waals surface area contributed by atoms with E-state index in [0.717, 1.165) is 5.01 Å². The van der Waals surface area contributed by atoms with Crippen LogP contribution in [0.25, 0.3) is 0 Å². The molecule has 17 heavy (non-hydrogen) atoms. The van der Waals surface area contributed by atoms with Gasteiger partial charge in [-0.3, -0.25) is 0 Å². The first kappa shape index (κ1) is 11.7. The Hall–Kier alpha value is -1.82. The summed E-state index contributed by atoms with van der Waals surface area (Å²) in [4.78, 5) is 9.68. The Morgan fingerprint density at radius 2 is 2.29 bits per heavy atom. The van der Waals surface area contributed by atoms with Crippen LogP contribution in [0.5, 0.6) is 5.88 Å². The Morgan fingerprint density at radius 1 is 1.47 bits per heavy atom. The van der Waals surface area contributed by atoms with E-state index in [1.54, 1.807) is 30.6 Å². The summed E-state index contributed by atoms with van der Waals surface area (Å²) in [6.45, 7) is 2.64. The van der Waals surface area contributed by atoms with Gasteiger partial charge in [-0.1, -0.05) is 0 Å². The molecule has 0 aliphatic rings. The van der Waals surface area contributed by atoms with Gasteiger partial charge < -0.3 is 15.8 Å². The second-order valence-electron chi connectivity index (χ2n) is 3.51. The zero-order valence-corrected chi connectivity index (χ0v) is 10.5. The number of aromatic nitrogens is 2. The fourth-order valence-electron chi connectivity index (χ4n) is 1.35. The maximum atomic E-state index is 5.82. The highest BCUT2D eigenvalue weighted by Crippen LogP contribution is 2.21. The smallest absolute Gasteiger partial charge is 0.215 e. The summed E-state index contributed by atoms with van der Waals surface area (Å²) in [5.74, 6) is 1.16. The zero-order valence-electron chi connectivity index (χ0n) is 9.73. The van der Waals surface area contributed by atoms with Crippen LogP contribution in [0.3, 0.4) is 0 Å². The molecule has 0 fully saturated rings. The van der Waals surface area contributed by atoms with Gasteiger partial charge in [0, 0.05) is 17.1 Å². The number of anilines is 2. The molecule has 6 heteroatoms. The minimum atomic E-state index is 0.539. The van der Waals surface area contributed by atoms with E-state index in [-0.39, 0.29) is 0 Å². The highest BCUT2D eigenvalue weighted by atomic mass is 32.1. The van der Waals surface area contributed by atoms with Crippen molar-refractivity contribution in [1.82, 2.24) is 9.97 Å². The van der Waals surface area contributed by atoms with Gasteiger partial charge in [-0.2, -0.15) is 4.98 Å². The maximum absolute atomic E-state index is 5.82. The lowest BCUT2D eigenvalue weighted by Gasteiger charge is -2.08. The molecule has 3 N–H and O–H groups in total. The van der Waals surface area contributed by atoms with Crippen LogP contribution in [0, 0.1) is 6.92 Å². The predicted molar refractivity (Wildman–Crippen MR) is 69.4 cm³/mol. The molecule has 90 valence electrons. The number of nitrogen functional groups attached to an aromatic ring is 1. The number of aryl methyl sites for hydroxylation is 1. The zero-order chi connectivity index (χ0) is 12.3. The fourth-order valence-corrected chi connectivity index (χ4v) is 2.08. The Morgan fingerprint density at radius 3 is 2.94 bits per heavy atom. The Labute approximate surface area is 104 Å². The number of methoxy groups -OCH3 is 1. The van der Waals surface area contributed by atoms with Crippen LogP contribution in [-0.2, 0) is 6.54 Å². The van der Waals surface area contributed by atoms with Gasteiger partial charge in [0.05, 0.1) is 19.3 Å². The largest absolute Gasteiger partial charge is 0.481 e. The molecule has 0 aliphatic carbocycles. The molecule has 0 bridgehead atoms. The van der Waals surface area contributed by atoms with Gasteiger partial charge >= 0.3 is 0 Å². The standard InChI is InChI=1S/C11H14N4OS/c1-7-5-13-10(17-7)6-14-11-8(12)3-4-9(15-11)16-2/h3-5H,6,12H2,1-2H3,(H,14,15). The second-order valence-corrected chi connectivity index (χ2v) is 4.83. The molecule has 0 saturated carbocycles. The van der Waals surface area contributed by atoms with Crippen molar-refractivity contribution >= 4 is 22.8 Å². The molecule has 0 aromatic carbocycles. The lowest BCUT2D eigenvalue weighted by atomic mass is 10.4. The summed E-state index contributed by atoms with van der Waals surface area (Å²) >= 11 is 1.65. The normalized spacial score (nSPS) is 10.2. The van der Waals surface area contributed by atoms with Gasteiger partial charge in [-0.05, 0) is 13.0 Å². The minimum Gasteiger partial charge on any atom is -0.481 e. The fraction of sp³-hybridized carbons (Fsp3) is 0.273. The Bertz CT molecular complexity index is 512. The number of hydrogen-bond acceptors (Lipinski definition) is 6. The van der Waals surface area contributed by atoms with E-state index in [0.29, 0.717) is 23.9 Å². The lowest BCUT2D eigenvalue weighted by Crippen LogP contribution is -2.05. The van der Waals surface area contributed by atoms with Crippen LogP contribution in [0.15, 0.2) is 18.3 Å². The molecule has 0 aliphatic heterocycles. The van der Waals surface area contributed by atoms with Gasteiger partial charge in [0.1, 0.15) is 5.01 Å². The molecular formula is C11H14N4OS. The number of rotatable bonds is 4. The minimum absolute atomic E-state index is 0.539. The second kappa shape index (κ2) is 5.01. The Kier molecular flexibility index (Phi) is 3.43. The van der Waals surface area contributed by atoms with Crippen LogP contribution in [0.4, 0.5) is 11.5 Å². The molecule has 0 spiro atoms. The number of thiazole rings is 1. The van der Waals surface area contributed by atoms with Crippen LogP contribution in [0.2, 0.25) is 0 Å². The van der Waals surface area contributed by atoms with E-state index in [9.17, 15) is 0 Å². The molecule has 0 saturated heterocycles. The van der Waals surface area contributed by atoms with E-state index in [1.165, 1.54) is 4.88 Å². The van der Waals surface area contributed by atoms with Crippen molar-refractivity contribution in [1.29, 1.82) is 0 Å². The van der Waals surface area contributed by atoms with Crippen molar-refractivity contribution < 1.29 is 4.74 Å². The van der Waals surface area contributed by atoms with Gasteiger partial charge in [0.15, 0.2) is 5.82 Å². The summed E-state index contributed by atoms with van der Waals surface area (Å²) in [6.07, 6.45) is 1.85. The third kappa shape index (κ3) is 2.85. The first-order valence-electron chi connectivity index (χ1n) is 5.14.